The Morgan fingerprint density at radius 3 is 2.24 bits per heavy atom. The standard InChI is InChI=1S/C17H22N2O10/c1-17(2,3)29-15(24)13(9-6-4-5-7-11(9)19(26)27)28-16(25)18-10(14(22)23)8-12(20)21/h4-7,10,13,19,26H,8H2,1-3H3,(H,18,25)(H,20,21)(H,22,23)/t10-,13?/m0/s1. The van der Waals surface area contributed by atoms with Crippen LogP contribution in [0.25, 0.3) is 0 Å². The number of carbonyl (C=O) groups is 4. The molecule has 0 aliphatic rings. The minimum Gasteiger partial charge on any atom is -0.595 e. The van der Waals surface area contributed by atoms with Gasteiger partial charge in [-0.25, -0.2) is 19.6 Å². The fraction of sp³-hybridized carbons (Fsp3) is 0.412. The van der Waals surface area contributed by atoms with Crippen molar-refractivity contribution in [1.29, 1.82) is 0 Å². The maximum atomic E-state index is 12.5. The van der Waals surface area contributed by atoms with Crippen LogP contribution in [0, 0.1) is 5.21 Å². The Morgan fingerprint density at radius 2 is 1.76 bits per heavy atom. The van der Waals surface area contributed by atoms with E-state index in [4.69, 9.17) is 19.7 Å². The maximum absolute atomic E-state index is 12.5. The summed E-state index contributed by atoms with van der Waals surface area (Å²) in [4.78, 5) is 46.5. The molecule has 0 fully saturated rings. The second-order valence-electron chi connectivity index (χ2n) is 6.84. The molecule has 0 saturated carbocycles. The number of carboxylic acid groups (broad SMARTS) is 2. The van der Waals surface area contributed by atoms with E-state index in [1.807, 2.05) is 5.32 Å². The van der Waals surface area contributed by atoms with Crippen LogP contribution in [0.15, 0.2) is 24.3 Å². The minimum atomic E-state index is -1.83. The van der Waals surface area contributed by atoms with Crippen LogP contribution in [0.2, 0.25) is 0 Å². The molecule has 5 N–H and O–H groups in total. The molecule has 0 aromatic heterocycles. The molecule has 12 nitrogen and oxygen atoms in total. The molecule has 0 saturated heterocycles. The zero-order valence-corrected chi connectivity index (χ0v) is 15.9. The van der Waals surface area contributed by atoms with E-state index in [-0.39, 0.29) is 11.3 Å². The maximum Gasteiger partial charge on any atom is 0.409 e. The normalized spacial score (nSPS) is 14.2. The van der Waals surface area contributed by atoms with E-state index in [0.717, 1.165) is 0 Å². The number of alkyl carbamates (subject to hydrolysis) is 1. The molecule has 0 bridgehead atoms. The number of ether oxygens (including phenoxy) is 2. The van der Waals surface area contributed by atoms with Crippen LogP contribution in [0.3, 0.4) is 0 Å². The number of carboxylic acids is 2. The zero-order chi connectivity index (χ0) is 22.4. The summed E-state index contributed by atoms with van der Waals surface area (Å²) < 4.78 is 10.1. The second kappa shape index (κ2) is 9.82. The number of hydrogen-bond donors (Lipinski definition) is 5. The van der Waals surface area contributed by atoms with Gasteiger partial charge in [0.15, 0.2) is 5.69 Å². The monoisotopic (exact) mass is 414 g/mol. The predicted molar refractivity (Wildman–Crippen MR) is 94.1 cm³/mol. The fourth-order valence-corrected chi connectivity index (χ4v) is 2.17. The van der Waals surface area contributed by atoms with Crippen LogP contribution in [-0.2, 0) is 23.9 Å². The van der Waals surface area contributed by atoms with Gasteiger partial charge in [0.25, 0.3) is 0 Å². The van der Waals surface area contributed by atoms with Gasteiger partial charge in [-0.2, -0.15) is 5.23 Å². The van der Waals surface area contributed by atoms with Gasteiger partial charge in [-0.1, -0.05) is 12.1 Å². The van der Waals surface area contributed by atoms with E-state index in [1.54, 1.807) is 20.8 Å². The number of aliphatic carboxylic acids is 2. The molecule has 160 valence electrons. The lowest BCUT2D eigenvalue weighted by atomic mass is 10.1. The molecule has 29 heavy (non-hydrogen) atoms. The minimum absolute atomic E-state index is 0.200. The number of para-hydroxylation sites is 1. The predicted octanol–water partition coefficient (Wildman–Crippen LogP) is 0.127. The number of carbonyl (C=O) groups excluding carboxylic acids is 2. The van der Waals surface area contributed by atoms with Gasteiger partial charge in [-0.15, -0.1) is 0 Å². The number of quaternary nitrogens is 1. The summed E-state index contributed by atoms with van der Waals surface area (Å²) in [6.45, 7) is 4.62. The average Bonchev–Trinajstić information content (AvgIpc) is 2.57. The molecule has 1 aromatic rings. The first-order valence-electron chi connectivity index (χ1n) is 8.28. The summed E-state index contributed by atoms with van der Waals surface area (Å²) in [7, 11) is 0. The van der Waals surface area contributed by atoms with E-state index in [2.05, 4.69) is 0 Å². The van der Waals surface area contributed by atoms with Gasteiger partial charge in [-0.05, 0) is 26.8 Å². The lowest BCUT2D eigenvalue weighted by Gasteiger charge is -2.26. The number of amides is 1. The first-order chi connectivity index (χ1) is 13.3. The first kappa shape index (κ1) is 23.8. The second-order valence-corrected chi connectivity index (χ2v) is 6.84. The molecule has 0 spiro atoms. The van der Waals surface area contributed by atoms with Crippen molar-refractivity contribution in [3.63, 3.8) is 0 Å². The van der Waals surface area contributed by atoms with Gasteiger partial charge < -0.3 is 30.2 Å². The van der Waals surface area contributed by atoms with Gasteiger partial charge >= 0.3 is 24.0 Å². The van der Waals surface area contributed by atoms with E-state index in [1.165, 1.54) is 24.3 Å². The molecule has 2 unspecified atom stereocenters. The van der Waals surface area contributed by atoms with Gasteiger partial charge in [0, 0.05) is 6.07 Å². The van der Waals surface area contributed by atoms with Crippen LogP contribution in [-0.4, -0.2) is 51.1 Å². The molecule has 1 aromatic carbocycles. The summed E-state index contributed by atoms with van der Waals surface area (Å²) in [5.74, 6) is -4.21. The highest BCUT2D eigenvalue weighted by molar-refractivity contribution is 5.86. The molecule has 0 heterocycles. The Bertz CT molecular complexity index is 772. The third kappa shape index (κ3) is 7.73. The highest BCUT2D eigenvalue weighted by Crippen LogP contribution is 2.26. The van der Waals surface area contributed by atoms with Crippen LogP contribution in [0.4, 0.5) is 10.5 Å². The summed E-state index contributed by atoms with van der Waals surface area (Å²) in [6.07, 6.45) is -4.21. The van der Waals surface area contributed by atoms with Crippen molar-refractivity contribution >= 4 is 29.7 Å². The van der Waals surface area contributed by atoms with Gasteiger partial charge in [-0.3, -0.25) is 4.79 Å². The summed E-state index contributed by atoms with van der Waals surface area (Å²) in [5, 5.41) is 38.9. The molecule has 12 heteroatoms. The number of benzene rings is 1. The topological polar surface area (TPSA) is 187 Å². The van der Waals surface area contributed by atoms with Crippen molar-refractivity contribution in [1.82, 2.24) is 5.32 Å². The van der Waals surface area contributed by atoms with Crippen molar-refractivity contribution in [2.24, 2.45) is 0 Å². The highest BCUT2D eigenvalue weighted by atomic mass is 16.8. The number of esters is 1. The Labute approximate surface area is 165 Å². The Kier molecular flexibility index (Phi) is 8.06. The first-order valence-corrected chi connectivity index (χ1v) is 8.28. The lowest BCUT2D eigenvalue weighted by Crippen LogP contribution is -2.99. The molecule has 1 rings (SSSR count). The number of hydrogen-bond acceptors (Lipinski definition) is 8. The Morgan fingerprint density at radius 1 is 1.17 bits per heavy atom. The van der Waals surface area contributed by atoms with E-state index >= 15 is 0 Å². The average molecular weight is 414 g/mol. The Hall–Kier alpha value is -3.22. The number of nitrogens with one attached hydrogen (secondary N) is 2. The van der Waals surface area contributed by atoms with Crippen LogP contribution in [0.1, 0.15) is 38.9 Å². The molecular formula is C17H22N2O10. The molecule has 3 atom stereocenters. The van der Waals surface area contributed by atoms with Crippen LogP contribution >= 0.6 is 0 Å². The van der Waals surface area contributed by atoms with Gasteiger partial charge in [0.1, 0.15) is 11.6 Å². The highest BCUT2D eigenvalue weighted by Gasteiger charge is 2.35. The van der Waals surface area contributed by atoms with Crippen molar-refractivity contribution in [3.8, 4) is 0 Å². The fourth-order valence-electron chi connectivity index (χ4n) is 2.17. The zero-order valence-electron chi connectivity index (χ0n) is 15.9. The molecule has 0 aliphatic carbocycles. The summed E-state index contributed by atoms with van der Waals surface area (Å²) >= 11 is 0. The van der Waals surface area contributed by atoms with E-state index in [9.17, 15) is 29.6 Å². The van der Waals surface area contributed by atoms with Gasteiger partial charge in [0.05, 0.1) is 12.0 Å². The SMILES string of the molecule is CC(C)(C)OC(=O)C(OC(=O)N[C@@H](CC(=O)O)C(=O)O)c1ccccc1[NH+]([O-])O. The van der Waals surface area contributed by atoms with Crippen molar-refractivity contribution in [3.05, 3.63) is 35.0 Å². The summed E-state index contributed by atoms with van der Waals surface area (Å²) in [6, 6.07) is 3.39. The quantitative estimate of drug-likeness (QED) is 0.289. The largest absolute Gasteiger partial charge is 0.595 e. The van der Waals surface area contributed by atoms with Crippen molar-refractivity contribution in [2.75, 3.05) is 0 Å². The molecule has 0 aliphatic heterocycles. The number of rotatable bonds is 8. The van der Waals surface area contributed by atoms with E-state index in [0.29, 0.717) is 0 Å². The third-order valence-corrected chi connectivity index (χ3v) is 3.29. The summed E-state index contributed by atoms with van der Waals surface area (Å²) in [5.41, 5.74) is -1.54. The Balaban J connectivity index is 3.19. The molecule has 0 radical (unpaired) electrons. The van der Waals surface area contributed by atoms with Crippen LogP contribution in [0.5, 0.6) is 0 Å². The van der Waals surface area contributed by atoms with Crippen molar-refractivity contribution < 1.29 is 49.3 Å². The van der Waals surface area contributed by atoms with E-state index < -0.39 is 53.4 Å². The smallest absolute Gasteiger partial charge is 0.409 e. The van der Waals surface area contributed by atoms with Crippen molar-refractivity contribution in [2.45, 2.75) is 44.9 Å². The third-order valence-electron chi connectivity index (χ3n) is 3.29. The van der Waals surface area contributed by atoms with Gasteiger partial charge in [0.2, 0.25) is 6.10 Å². The lowest BCUT2D eigenvalue weighted by molar-refractivity contribution is -0.991. The molecular weight excluding hydrogens is 392 g/mol. The van der Waals surface area contributed by atoms with Crippen LogP contribution < -0.4 is 10.5 Å². The molecule has 1 amide bonds.